The van der Waals surface area contributed by atoms with Gasteiger partial charge in [0.2, 0.25) is 10.0 Å². The van der Waals surface area contributed by atoms with E-state index in [4.69, 9.17) is 5.84 Å². The van der Waals surface area contributed by atoms with Crippen molar-refractivity contribution in [3.8, 4) is 0 Å². The Kier molecular flexibility index (Phi) is 5.56. The average Bonchev–Trinajstić information content (AvgIpc) is 2.33. The molecule has 0 aromatic heterocycles. The third kappa shape index (κ3) is 3.31. The van der Waals surface area contributed by atoms with E-state index < -0.39 is 10.0 Å². The number of nitrogens with two attached hydrogens (primary N) is 1. The smallest absolute Gasteiger partial charge is 0.243 e. The molecule has 0 saturated heterocycles. The second-order valence-corrected chi connectivity index (χ2v) is 7.12. The van der Waals surface area contributed by atoms with Crippen molar-refractivity contribution >= 4 is 15.7 Å². The highest BCUT2D eigenvalue weighted by Gasteiger charge is 2.29. The van der Waals surface area contributed by atoms with Crippen LogP contribution in [0, 0.1) is 13.8 Å². The number of nitrogen functional groups attached to an aromatic ring is 1. The summed E-state index contributed by atoms with van der Waals surface area (Å²) in [6.45, 7) is 9.89. The van der Waals surface area contributed by atoms with Crippen LogP contribution in [-0.2, 0) is 10.0 Å². The van der Waals surface area contributed by atoms with Crippen LogP contribution < -0.4 is 11.3 Å². The van der Waals surface area contributed by atoms with Crippen LogP contribution in [0.2, 0.25) is 0 Å². The largest absolute Gasteiger partial charge is 0.324 e. The fraction of sp³-hybridized carbons (Fsp3) is 0.571. The van der Waals surface area contributed by atoms with Gasteiger partial charge in [-0.05, 0) is 57.4 Å². The van der Waals surface area contributed by atoms with Gasteiger partial charge in [0.15, 0.2) is 0 Å². The Morgan fingerprint density at radius 2 is 1.75 bits per heavy atom. The summed E-state index contributed by atoms with van der Waals surface area (Å²) >= 11 is 0. The number of nitrogens with zero attached hydrogens (tertiary/aromatic N) is 1. The number of nitrogens with one attached hydrogen (secondary N) is 1. The number of rotatable bonds is 6. The molecule has 1 aromatic carbocycles. The minimum Gasteiger partial charge on any atom is -0.324 e. The van der Waals surface area contributed by atoms with E-state index in [1.807, 2.05) is 20.8 Å². The number of aryl methyl sites for hydroxylation is 2. The monoisotopic (exact) mass is 299 g/mol. The van der Waals surface area contributed by atoms with Crippen LogP contribution in [0.4, 0.5) is 5.69 Å². The maximum absolute atomic E-state index is 12.9. The predicted octanol–water partition coefficient (Wildman–Crippen LogP) is 2.40. The van der Waals surface area contributed by atoms with Gasteiger partial charge in [0.1, 0.15) is 0 Å². The number of hydrogen-bond donors (Lipinski definition) is 2. The Hall–Kier alpha value is -1.11. The van der Waals surface area contributed by atoms with Gasteiger partial charge in [-0.15, -0.1) is 0 Å². The van der Waals surface area contributed by atoms with E-state index in [1.54, 1.807) is 30.3 Å². The molecule has 0 radical (unpaired) electrons. The van der Waals surface area contributed by atoms with Crippen LogP contribution in [-0.4, -0.2) is 25.3 Å². The van der Waals surface area contributed by atoms with Gasteiger partial charge < -0.3 is 5.43 Å². The third-order valence-corrected chi connectivity index (χ3v) is 5.60. The van der Waals surface area contributed by atoms with Gasteiger partial charge in [-0.1, -0.05) is 6.92 Å². The molecule has 0 unspecified atom stereocenters. The van der Waals surface area contributed by atoms with E-state index in [2.05, 4.69) is 5.43 Å². The lowest BCUT2D eigenvalue weighted by Gasteiger charge is -2.27. The normalized spacial score (nSPS) is 12.2. The van der Waals surface area contributed by atoms with Gasteiger partial charge in [-0.3, -0.25) is 5.84 Å². The van der Waals surface area contributed by atoms with Crippen LogP contribution in [0.25, 0.3) is 0 Å². The Morgan fingerprint density at radius 1 is 1.25 bits per heavy atom. The molecule has 0 aliphatic rings. The molecule has 0 bridgehead atoms. The van der Waals surface area contributed by atoms with Gasteiger partial charge >= 0.3 is 0 Å². The summed E-state index contributed by atoms with van der Waals surface area (Å²) in [6.07, 6.45) is 0.790. The fourth-order valence-corrected chi connectivity index (χ4v) is 4.58. The zero-order valence-electron chi connectivity index (χ0n) is 12.9. The van der Waals surface area contributed by atoms with Crippen LogP contribution in [0.15, 0.2) is 17.0 Å². The molecule has 0 heterocycles. The maximum atomic E-state index is 12.9. The van der Waals surface area contributed by atoms with Crippen molar-refractivity contribution in [3.05, 3.63) is 23.3 Å². The number of hydrogen-bond acceptors (Lipinski definition) is 4. The molecule has 0 amide bonds. The first-order valence-electron chi connectivity index (χ1n) is 6.85. The van der Waals surface area contributed by atoms with Crippen molar-refractivity contribution in [1.29, 1.82) is 0 Å². The molecular weight excluding hydrogens is 274 g/mol. The molecule has 0 saturated carbocycles. The molecule has 6 heteroatoms. The minimum absolute atomic E-state index is 0.0638. The SMILES string of the molecule is CCCN(C(C)C)S(=O)(=O)c1c(C)cc(NN)cc1C. The topological polar surface area (TPSA) is 75.4 Å². The van der Waals surface area contributed by atoms with Crippen LogP contribution >= 0.6 is 0 Å². The van der Waals surface area contributed by atoms with Crippen LogP contribution in [0.3, 0.4) is 0 Å². The number of benzene rings is 1. The zero-order valence-corrected chi connectivity index (χ0v) is 13.7. The molecule has 0 spiro atoms. The Balaban J connectivity index is 3.41. The highest BCUT2D eigenvalue weighted by atomic mass is 32.2. The fourth-order valence-electron chi connectivity index (χ4n) is 2.43. The molecule has 114 valence electrons. The number of anilines is 1. The van der Waals surface area contributed by atoms with E-state index in [9.17, 15) is 8.42 Å². The first-order valence-corrected chi connectivity index (χ1v) is 8.29. The van der Waals surface area contributed by atoms with E-state index >= 15 is 0 Å². The molecular formula is C14H25N3O2S. The summed E-state index contributed by atoms with van der Waals surface area (Å²) in [5.74, 6) is 5.39. The Labute approximate surface area is 122 Å². The standard InChI is InChI=1S/C14H25N3O2S/c1-6-7-17(10(2)3)20(18,19)14-11(4)8-13(16-15)9-12(14)5/h8-10,16H,6-7,15H2,1-5H3. The Bertz CT molecular complexity index is 545. The van der Waals surface area contributed by atoms with Crippen molar-refractivity contribution in [2.24, 2.45) is 5.84 Å². The van der Waals surface area contributed by atoms with E-state index in [0.29, 0.717) is 28.3 Å². The van der Waals surface area contributed by atoms with Crippen molar-refractivity contribution in [2.45, 2.75) is 52.0 Å². The minimum atomic E-state index is -3.48. The van der Waals surface area contributed by atoms with Gasteiger partial charge in [0.25, 0.3) is 0 Å². The molecule has 1 aromatic rings. The third-order valence-electron chi connectivity index (χ3n) is 3.21. The van der Waals surface area contributed by atoms with Crippen molar-refractivity contribution in [2.75, 3.05) is 12.0 Å². The molecule has 20 heavy (non-hydrogen) atoms. The van der Waals surface area contributed by atoms with Crippen LogP contribution in [0.1, 0.15) is 38.3 Å². The second-order valence-electron chi connectivity index (χ2n) is 5.29. The lowest BCUT2D eigenvalue weighted by molar-refractivity contribution is 0.353. The van der Waals surface area contributed by atoms with Gasteiger partial charge in [0, 0.05) is 18.3 Å². The zero-order chi connectivity index (χ0) is 15.5. The number of sulfonamides is 1. The quantitative estimate of drug-likeness (QED) is 0.625. The Morgan fingerprint density at radius 3 is 2.10 bits per heavy atom. The summed E-state index contributed by atoms with van der Waals surface area (Å²) in [4.78, 5) is 0.388. The van der Waals surface area contributed by atoms with E-state index in [-0.39, 0.29) is 6.04 Å². The summed E-state index contributed by atoms with van der Waals surface area (Å²) < 4.78 is 27.3. The van der Waals surface area contributed by atoms with Crippen molar-refractivity contribution in [1.82, 2.24) is 4.31 Å². The molecule has 0 atom stereocenters. The predicted molar refractivity (Wildman–Crippen MR) is 83.0 cm³/mol. The van der Waals surface area contributed by atoms with Gasteiger partial charge in [0.05, 0.1) is 4.90 Å². The first-order chi connectivity index (χ1) is 9.25. The lowest BCUT2D eigenvalue weighted by Crippen LogP contribution is -2.38. The summed E-state index contributed by atoms with van der Waals surface area (Å²) in [5, 5.41) is 0. The van der Waals surface area contributed by atoms with E-state index in [1.165, 1.54) is 0 Å². The lowest BCUT2D eigenvalue weighted by atomic mass is 10.1. The average molecular weight is 299 g/mol. The second kappa shape index (κ2) is 6.56. The van der Waals surface area contributed by atoms with E-state index in [0.717, 1.165) is 6.42 Å². The van der Waals surface area contributed by atoms with Crippen LogP contribution in [0.5, 0.6) is 0 Å². The van der Waals surface area contributed by atoms with Crippen molar-refractivity contribution in [3.63, 3.8) is 0 Å². The summed E-state index contributed by atoms with van der Waals surface area (Å²) in [7, 11) is -3.48. The molecule has 5 nitrogen and oxygen atoms in total. The maximum Gasteiger partial charge on any atom is 0.243 e. The summed E-state index contributed by atoms with van der Waals surface area (Å²) in [5.41, 5.74) is 4.69. The molecule has 1 rings (SSSR count). The molecule has 0 aliphatic carbocycles. The highest BCUT2D eigenvalue weighted by Crippen LogP contribution is 2.28. The van der Waals surface area contributed by atoms with Crippen molar-refractivity contribution < 1.29 is 8.42 Å². The molecule has 3 N–H and O–H groups in total. The summed E-state index contributed by atoms with van der Waals surface area (Å²) in [6, 6.07) is 3.44. The van der Waals surface area contributed by atoms with Gasteiger partial charge in [-0.25, -0.2) is 8.42 Å². The first kappa shape index (κ1) is 16.9. The molecule has 0 aliphatic heterocycles. The molecule has 0 fully saturated rings. The highest BCUT2D eigenvalue weighted by molar-refractivity contribution is 7.89. The number of hydrazine groups is 1. The van der Waals surface area contributed by atoms with Gasteiger partial charge in [-0.2, -0.15) is 4.31 Å².